The number of rotatable bonds is 3. The lowest BCUT2D eigenvalue weighted by atomic mass is 10.1. The number of anilines is 1. The number of aromatic nitrogens is 1. The van der Waals surface area contributed by atoms with Crippen LogP contribution in [0.4, 0.5) is 5.69 Å². The average Bonchev–Trinajstić information content (AvgIpc) is 2.68. The molecule has 0 aliphatic heterocycles. The third-order valence-corrected chi connectivity index (χ3v) is 5.57. The highest BCUT2D eigenvalue weighted by Gasteiger charge is 2.13. The summed E-state index contributed by atoms with van der Waals surface area (Å²) in [5.74, 6) is -0.173. The standard InChI is InChI=1S/C21H14Br2N2O2/c22-13-9-10-16(23)17(11-13)24-20(26)12-25-18-7-3-1-5-14(18)21(27)15-6-2-4-8-19(15)25/h1-11H,12H2,(H,24,26). The van der Waals surface area contributed by atoms with Crippen molar-refractivity contribution >= 4 is 65.3 Å². The number of nitrogens with zero attached hydrogens (tertiary/aromatic N) is 1. The van der Waals surface area contributed by atoms with E-state index < -0.39 is 0 Å². The van der Waals surface area contributed by atoms with Crippen molar-refractivity contribution in [3.05, 3.63) is 85.9 Å². The summed E-state index contributed by atoms with van der Waals surface area (Å²) in [6, 6.07) is 20.3. The largest absolute Gasteiger partial charge is 0.331 e. The summed E-state index contributed by atoms with van der Waals surface area (Å²) in [5.41, 5.74) is 2.14. The molecule has 1 heterocycles. The molecule has 0 saturated heterocycles. The van der Waals surface area contributed by atoms with E-state index in [4.69, 9.17) is 0 Å². The maximum Gasteiger partial charge on any atom is 0.244 e. The van der Waals surface area contributed by atoms with Gasteiger partial charge in [-0.3, -0.25) is 9.59 Å². The van der Waals surface area contributed by atoms with Crippen molar-refractivity contribution < 1.29 is 4.79 Å². The van der Waals surface area contributed by atoms with Gasteiger partial charge < -0.3 is 9.88 Å². The Kier molecular flexibility index (Phi) is 4.85. The van der Waals surface area contributed by atoms with Gasteiger partial charge in [0.25, 0.3) is 0 Å². The molecule has 3 aromatic carbocycles. The number of nitrogens with one attached hydrogen (secondary N) is 1. The van der Waals surface area contributed by atoms with Gasteiger partial charge in [0, 0.05) is 19.7 Å². The van der Waals surface area contributed by atoms with Crippen LogP contribution in [-0.4, -0.2) is 10.5 Å². The molecule has 27 heavy (non-hydrogen) atoms. The molecule has 4 aromatic rings. The van der Waals surface area contributed by atoms with Crippen LogP contribution in [0.1, 0.15) is 0 Å². The van der Waals surface area contributed by atoms with Crippen LogP contribution < -0.4 is 10.7 Å². The molecule has 4 nitrogen and oxygen atoms in total. The van der Waals surface area contributed by atoms with E-state index in [0.717, 1.165) is 20.0 Å². The van der Waals surface area contributed by atoms with Gasteiger partial charge in [-0.1, -0.05) is 40.2 Å². The summed E-state index contributed by atoms with van der Waals surface area (Å²) in [5, 5.41) is 4.14. The first-order chi connectivity index (χ1) is 13.0. The second kappa shape index (κ2) is 7.29. The van der Waals surface area contributed by atoms with E-state index in [1.54, 1.807) is 12.1 Å². The molecule has 0 radical (unpaired) electrons. The Morgan fingerprint density at radius 1 is 0.889 bits per heavy atom. The zero-order valence-electron chi connectivity index (χ0n) is 14.1. The highest BCUT2D eigenvalue weighted by Crippen LogP contribution is 2.26. The quantitative estimate of drug-likeness (QED) is 0.399. The normalized spacial score (nSPS) is 11.0. The number of hydrogen-bond acceptors (Lipinski definition) is 2. The van der Waals surface area contributed by atoms with Crippen LogP contribution in [0.3, 0.4) is 0 Å². The molecular formula is C21H14Br2N2O2. The predicted octanol–water partition coefficient (Wildman–Crippen LogP) is 5.32. The lowest BCUT2D eigenvalue weighted by molar-refractivity contribution is -0.116. The van der Waals surface area contributed by atoms with E-state index in [9.17, 15) is 9.59 Å². The van der Waals surface area contributed by atoms with E-state index in [1.165, 1.54) is 0 Å². The topological polar surface area (TPSA) is 51.1 Å². The summed E-state index contributed by atoms with van der Waals surface area (Å²) in [4.78, 5) is 25.5. The van der Waals surface area contributed by atoms with Crippen LogP contribution >= 0.6 is 31.9 Å². The molecule has 1 amide bonds. The molecule has 0 unspecified atom stereocenters. The number of amides is 1. The summed E-state index contributed by atoms with van der Waals surface area (Å²) in [6.07, 6.45) is 0. The molecule has 0 aliphatic rings. The van der Waals surface area contributed by atoms with Gasteiger partial charge in [0.15, 0.2) is 5.43 Å². The lowest BCUT2D eigenvalue weighted by Gasteiger charge is -2.15. The first-order valence-corrected chi connectivity index (χ1v) is 9.88. The summed E-state index contributed by atoms with van der Waals surface area (Å²) < 4.78 is 3.56. The van der Waals surface area contributed by atoms with Crippen LogP contribution in [0.25, 0.3) is 21.8 Å². The molecule has 6 heteroatoms. The summed E-state index contributed by atoms with van der Waals surface area (Å²) in [6.45, 7) is 0.0975. The molecule has 134 valence electrons. The maximum atomic E-state index is 12.8. The Labute approximate surface area is 172 Å². The summed E-state index contributed by atoms with van der Waals surface area (Å²) in [7, 11) is 0. The van der Waals surface area contributed by atoms with Gasteiger partial charge in [-0.15, -0.1) is 0 Å². The second-order valence-electron chi connectivity index (χ2n) is 6.12. The first kappa shape index (κ1) is 17.9. The number of para-hydroxylation sites is 2. The maximum absolute atomic E-state index is 12.8. The minimum absolute atomic E-state index is 0.0207. The van der Waals surface area contributed by atoms with E-state index in [-0.39, 0.29) is 17.9 Å². The van der Waals surface area contributed by atoms with Crippen molar-refractivity contribution in [1.82, 2.24) is 4.57 Å². The van der Waals surface area contributed by atoms with Gasteiger partial charge >= 0.3 is 0 Å². The number of carbonyl (C=O) groups excluding carboxylic acids is 1. The van der Waals surface area contributed by atoms with E-state index in [0.29, 0.717) is 16.5 Å². The zero-order valence-corrected chi connectivity index (χ0v) is 17.2. The van der Waals surface area contributed by atoms with Crippen molar-refractivity contribution in [1.29, 1.82) is 0 Å². The molecule has 0 atom stereocenters. The van der Waals surface area contributed by atoms with Crippen molar-refractivity contribution in [3.8, 4) is 0 Å². The van der Waals surface area contributed by atoms with E-state index in [2.05, 4.69) is 37.2 Å². The zero-order chi connectivity index (χ0) is 19.0. The van der Waals surface area contributed by atoms with Crippen molar-refractivity contribution in [2.24, 2.45) is 0 Å². The lowest BCUT2D eigenvalue weighted by Crippen LogP contribution is -2.21. The fraction of sp³-hybridized carbons (Fsp3) is 0.0476. The molecule has 0 saturated carbocycles. The molecule has 4 rings (SSSR count). The van der Waals surface area contributed by atoms with Gasteiger partial charge in [0.2, 0.25) is 5.91 Å². The molecule has 0 bridgehead atoms. The third-order valence-electron chi connectivity index (χ3n) is 4.38. The Bertz CT molecular complexity index is 1190. The first-order valence-electron chi connectivity index (χ1n) is 8.30. The Morgan fingerprint density at radius 2 is 1.48 bits per heavy atom. The number of halogens is 2. The minimum Gasteiger partial charge on any atom is -0.331 e. The monoisotopic (exact) mass is 484 g/mol. The van der Waals surface area contributed by atoms with Crippen LogP contribution in [0.5, 0.6) is 0 Å². The van der Waals surface area contributed by atoms with Crippen LogP contribution in [-0.2, 0) is 11.3 Å². The van der Waals surface area contributed by atoms with Crippen LogP contribution in [0.15, 0.2) is 80.5 Å². The van der Waals surface area contributed by atoms with Gasteiger partial charge in [-0.25, -0.2) is 0 Å². The van der Waals surface area contributed by atoms with E-state index in [1.807, 2.05) is 59.2 Å². The van der Waals surface area contributed by atoms with Gasteiger partial charge in [-0.2, -0.15) is 0 Å². The predicted molar refractivity (Wildman–Crippen MR) is 116 cm³/mol. The molecular weight excluding hydrogens is 472 g/mol. The van der Waals surface area contributed by atoms with Crippen molar-refractivity contribution in [2.45, 2.75) is 6.54 Å². The number of fused-ring (bicyclic) bond motifs is 2. The highest BCUT2D eigenvalue weighted by molar-refractivity contribution is 9.11. The van der Waals surface area contributed by atoms with Gasteiger partial charge in [0.1, 0.15) is 6.54 Å². The van der Waals surface area contributed by atoms with Crippen LogP contribution in [0, 0.1) is 0 Å². The van der Waals surface area contributed by atoms with Crippen molar-refractivity contribution in [3.63, 3.8) is 0 Å². The molecule has 1 N–H and O–H groups in total. The summed E-state index contributed by atoms with van der Waals surface area (Å²) >= 11 is 6.86. The number of pyridine rings is 1. The average molecular weight is 486 g/mol. The minimum atomic E-state index is -0.173. The fourth-order valence-electron chi connectivity index (χ4n) is 3.17. The van der Waals surface area contributed by atoms with Gasteiger partial charge in [-0.05, 0) is 58.4 Å². The SMILES string of the molecule is O=C(Cn1c2ccccc2c(=O)c2ccccc21)Nc1cc(Br)ccc1Br. The fourth-order valence-corrected chi connectivity index (χ4v) is 3.88. The molecule has 0 spiro atoms. The Balaban J connectivity index is 1.81. The van der Waals surface area contributed by atoms with Gasteiger partial charge in [0.05, 0.1) is 16.7 Å². The molecule has 0 aliphatic carbocycles. The number of hydrogen-bond donors (Lipinski definition) is 1. The van der Waals surface area contributed by atoms with Crippen LogP contribution in [0.2, 0.25) is 0 Å². The van der Waals surface area contributed by atoms with E-state index >= 15 is 0 Å². The highest BCUT2D eigenvalue weighted by atomic mass is 79.9. The molecule has 1 aromatic heterocycles. The third kappa shape index (κ3) is 3.42. The number of carbonyl (C=O) groups is 1. The van der Waals surface area contributed by atoms with Crippen molar-refractivity contribution in [2.75, 3.05) is 5.32 Å². The Hall–Kier alpha value is -2.44. The number of benzene rings is 3. The molecule has 0 fully saturated rings. The Morgan fingerprint density at radius 3 is 2.11 bits per heavy atom. The second-order valence-corrected chi connectivity index (χ2v) is 7.89. The smallest absolute Gasteiger partial charge is 0.244 e.